The van der Waals surface area contributed by atoms with Gasteiger partial charge in [-0.1, -0.05) is 6.07 Å². The number of nitrogens with zero attached hydrogens (tertiary/aromatic N) is 2. The number of carbonyl (C=O) groups is 2. The number of urea groups is 1. The van der Waals surface area contributed by atoms with Gasteiger partial charge in [-0.25, -0.2) is 4.79 Å². The molecule has 1 saturated heterocycles. The Morgan fingerprint density at radius 3 is 2.72 bits per heavy atom. The number of anilines is 1. The van der Waals surface area contributed by atoms with Gasteiger partial charge in [0.2, 0.25) is 5.91 Å². The molecule has 3 N–H and O–H groups in total. The monoisotopic (exact) mass is 250 g/mol. The molecule has 0 aliphatic carbocycles. The van der Waals surface area contributed by atoms with E-state index in [2.05, 4.69) is 5.32 Å². The molecule has 2 rings (SSSR count). The Kier molecular flexibility index (Phi) is 2.84. The van der Waals surface area contributed by atoms with Crippen LogP contribution in [0.1, 0.15) is 5.56 Å². The van der Waals surface area contributed by atoms with Crippen molar-refractivity contribution < 1.29 is 14.5 Å². The minimum Gasteiger partial charge on any atom is -0.393 e. The Morgan fingerprint density at radius 1 is 1.44 bits per heavy atom. The fourth-order valence-corrected chi connectivity index (χ4v) is 1.64. The fourth-order valence-electron chi connectivity index (χ4n) is 1.64. The van der Waals surface area contributed by atoms with Gasteiger partial charge in [-0.15, -0.1) is 0 Å². The second kappa shape index (κ2) is 4.32. The molecular formula is C10H10N4O4. The second-order valence-corrected chi connectivity index (χ2v) is 3.79. The van der Waals surface area contributed by atoms with E-state index in [9.17, 15) is 19.7 Å². The minimum atomic E-state index is -0.606. The summed E-state index contributed by atoms with van der Waals surface area (Å²) in [6.45, 7) is -0.0539. The molecule has 0 spiro atoms. The van der Waals surface area contributed by atoms with Gasteiger partial charge in [-0.3, -0.25) is 19.8 Å². The zero-order valence-corrected chi connectivity index (χ0v) is 9.25. The summed E-state index contributed by atoms with van der Waals surface area (Å²) in [7, 11) is 0. The molecule has 3 amide bonds. The van der Waals surface area contributed by atoms with Crippen LogP contribution in [0.2, 0.25) is 0 Å². The van der Waals surface area contributed by atoms with Gasteiger partial charge in [0.05, 0.1) is 18.0 Å². The van der Waals surface area contributed by atoms with E-state index in [0.29, 0.717) is 5.56 Å². The Labute approximate surface area is 102 Å². The number of nitro benzene ring substituents is 1. The lowest BCUT2D eigenvalue weighted by Crippen LogP contribution is -2.30. The van der Waals surface area contributed by atoms with E-state index in [0.717, 1.165) is 4.90 Å². The van der Waals surface area contributed by atoms with Gasteiger partial charge in [0, 0.05) is 6.07 Å². The first kappa shape index (κ1) is 11.8. The van der Waals surface area contributed by atoms with Crippen LogP contribution < -0.4 is 11.1 Å². The molecule has 18 heavy (non-hydrogen) atoms. The van der Waals surface area contributed by atoms with E-state index >= 15 is 0 Å². The third kappa shape index (κ3) is 2.08. The second-order valence-electron chi connectivity index (χ2n) is 3.79. The van der Waals surface area contributed by atoms with Crippen LogP contribution in [0.25, 0.3) is 0 Å². The molecule has 94 valence electrons. The predicted molar refractivity (Wildman–Crippen MR) is 61.5 cm³/mol. The van der Waals surface area contributed by atoms with E-state index in [4.69, 9.17) is 5.73 Å². The van der Waals surface area contributed by atoms with Gasteiger partial charge in [0.25, 0.3) is 5.69 Å². The Hall–Kier alpha value is -2.64. The number of nitrogen functional groups attached to an aromatic ring is 1. The van der Waals surface area contributed by atoms with Crippen molar-refractivity contribution in [3.8, 4) is 0 Å². The summed E-state index contributed by atoms with van der Waals surface area (Å²) in [5.41, 5.74) is 5.73. The number of carbonyl (C=O) groups excluding carboxylic acids is 2. The van der Waals surface area contributed by atoms with E-state index in [1.165, 1.54) is 12.1 Å². The topological polar surface area (TPSA) is 119 Å². The largest absolute Gasteiger partial charge is 0.393 e. The van der Waals surface area contributed by atoms with Crippen molar-refractivity contribution in [2.24, 2.45) is 0 Å². The number of amides is 3. The molecule has 0 atom stereocenters. The van der Waals surface area contributed by atoms with E-state index in [1.54, 1.807) is 6.07 Å². The third-order valence-electron chi connectivity index (χ3n) is 2.57. The Balaban J connectivity index is 2.24. The summed E-state index contributed by atoms with van der Waals surface area (Å²) in [5.74, 6) is -0.362. The van der Waals surface area contributed by atoms with Gasteiger partial charge in [-0.05, 0) is 11.6 Å². The summed E-state index contributed by atoms with van der Waals surface area (Å²) in [5, 5.41) is 13.1. The summed E-state index contributed by atoms with van der Waals surface area (Å²) in [6, 6.07) is 3.68. The van der Waals surface area contributed by atoms with Crippen molar-refractivity contribution >= 4 is 23.3 Å². The van der Waals surface area contributed by atoms with Gasteiger partial charge in [0.1, 0.15) is 5.69 Å². The van der Waals surface area contributed by atoms with Gasteiger partial charge >= 0.3 is 6.03 Å². The summed E-state index contributed by atoms with van der Waals surface area (Å²) in [6.07, 6.45) is 0. The molecular weight excluding hydrogens is 240 g/mol. The molecule has 0 saturated carbocycles. The van der Waals surface area contributed by atoms with Crippen LogP contribution in [0.15, 0.2) is 18.2 Å². The highest BCUT2D eigenvalue weighted by Crippen LogP contribution is 2.23. The zero-order valence-electron chi connectivity index (χ0n) is 9.25. The Morgan fingerprint density at radius 2 is 2.17 bits per heavy atom. The van der Waals surface area contributed by atoms with Gasteiger partial charge < -0.3 is 11.1 Å². The van der Waals surface area contributed by atoms with Crippen LogP contribution in [0.5, 0.6) is 0 Å². The van der Waals surface area contributed by atoms with Crippen molar-refractivity contribution in [1.82, 2.24) is 10.2 Å². The molecule has 0 aromatic heterocycles. The average Bonchev–Trinajstić information content (AvgIpc) is 2.63. The smallest absolute Gasteiger partial charge is 0.324 e. The lowest BCUT2D eigenvalue weighted by atomic mass is 10.1. The first-order chi connectivity index (χ1) is 8.49. The number of hydrogen-bond acceptors (Lipinski definition) is 5. The Bertz CT molecular complexity index is 527. The van der Waals surface area contributed by atoms with E-state index in [1.807, 2.05) is 0 Å². The summed E-state index contributed by atoms with van der Waals surface area (Å²) in [4.78, 5) is 33.8. The lowest BCUT2D eigenvalue weighted by Gasteiger charge is -2.12. The molecule has 0 radical (unpaired) electrons. The summed E-state index contributed by atoms with van der Waals surface area (Å²) >= 11 is 0. The number of benzene rings is 1. The summed E-state index contributed by atoms with van der Waals surface area (Å²) < 4.78 is 0. The van der Waals surface area contributed by atoms with Crippen molar-refractivity contribution in [2.75, 3.05) is 12.3 Å². The van der Waals surface area contributed by atoms with Gasteiger partial charge in [-0.2, -0.15) is 0 Å². The van der Waals surface area contributed by atoms with E-state index < -0.39 is 11.0 Å². The van der Waals surface area contributed by atoms with Crippen LogP contribution in [0, 0.1) is 10.1 Å². The highest BCUT2D eigenvalue weighted by molar-refractivity contribution is 6.01. The number of nitrogens with two attached hydrogens (primary N) is 1. The number of nitrogens with one attached hydrogen (secondary N) is 1. The quantitative estimate of drug-likeness (QED) is 0.344. The van der Waals surface area contributed by atoms with Crippen LogP contribution in [-0.4, -0.2) is 28.3 Å². The molecule has 1 heterocycles. The van der Waals surface area contributed by atoms with Crippen molar-refractivity contribution in [3.63, 3.8) is 0 Å². The normalized spacial score (nSPS) is 14.8. The van der Waals surface area contributed by atoms with Crippen LogP contribution >= 0.6 is 0 Å². The van der Waals surface area contributed by atoms with Crippen molar-refractivity contribution in [1.29, 1.82) is 0 Å². The maximum atomic E-state index is 11.4. The van der Waals surface area contributed by atoms with Crippen molar-refractivity contribution in [2.45, 2.75) is 6.54 Å². The highest BCUT2D eigenvalue weighted by atomic mass is 16.6. The van der Waals surface area contributed by atoms with Gasteiger partial charge in [0.15, 0.2) is 0 Å². The average molecular weight is 250 g/mol. The van der Waals surface area contributed by atoms with Crippen LogP contribution in [0.4, 0.5) is 16.2 Å². The molecule has 0 bridgehead atoms. The molecule has 1 aliphatic heterocycles. The molecule has 1 aromatic rings. The molecule has 8 heteroatoms. The number of imide groups is 1. The van der Waals surface area contributed by atoms with Crippen molar-refractivity contribution in [3.05, 3.63) is 33.9 Å². The molecule has 8 nitrogen and oxygen atoms in total. The molecule has 1 aromatic carbocycles. The standard InChI is InChI=1S/C10H10N4O4/c11-7-2-1-6(3-8(7)14(17)18)5-13-9(15)4-12-10(13)16/h1-3H,4-5,11H2,(H,12,16). The SMILES string of the molecule is Nc1ccc(CN2C(=O)CNC2=O)cc1[N+](=O)[O-]. The number of rotatable bonds is 3. The molecule has 1 aliphatic rings. The van der Waals surface area contributed by atoms with E-state index in [-0.39, 0.29) is 30.4 Å². The highest BCUT2D eigenvalue weighted by Gasteiger charge is 2.28. The lowest BCUT2D eigenvalue weighted by molar-refractivity contribution is -0.384. The maximum Gasteiger partial charge on any atom is 0.324 e. The molecule has 1 fully saturated rings. The molecule has 0 unspecified atom stereocenters. The first-order valence-electron chi connectivity index (χ1n) is 5.10. The minimum absolute atomic E-state index is 0.00815. The number of hydrogen-bond donors (Lipinski definition) is 2. The fraction of sp³-hybridized carbons (Fsp3) is 0.200. The van der Waals surface area contributed by atoms with Crippen LogP contribution in [-0.2, 0) is 11.3 Å². The third-order valence-corrected chi connectivity index (χ3v) is 2.57. The van der Waals surface area contributed by atoms with Crippen LogP contribution in [0.3, 0.4) is 0 Å². The zero-order chi connectivity index (χ0) is 13.3. The first-order valence-corrected chi connectivity index (χ1v) is 5.10. The number of nitro groups is 1. The maximum absolute atomic E-state index is 11.4. The predicted octanol–water partition coefficient (Wildman–Crippen LogP) is 0.229.